The number of nitro groups is 1. The molecule has 43 heavy (non-hydrogen) atoms. The van der Waals surface area contributed by atoms with Crippen LogP contribution in [0.15, 0.2) is 18.2 Å². The van der Waals surface area contributed by atoms with Crippen molar-refractivity contribution in [2.45, 2.75) is 58.1 Å². The maximum Gasteiger partial charge on any atom is 0.410 e. The SMILES string of the molecule is COC(=O)[C@H]1O[C@@H](Oc2ccc(COC(=O)N(CCCl)CCCl)cc2[N+](=O)[O-])[C@H](OC(C)=O)[C@@H](OC(C)=O)[C@@H]1OC(C)=O. The third-order valence-corrected chi connectivity index (χ3v) is 5.97. The van der Waals surface area contributed by atoms with Crippen LogP contribution in [-0.4, -0.2) is 102 Å². The number of nitrogens with zero attached hydrogens (tertiary/aromatic N) is 2. The Balaban J connectivity index is 2.45. The second kappa shape index (κ2) is 16.7. The van der Waals surface area contributed by atoms with E-state index in [-0.39, 0.29) is 37.0 Å². The van der Waals surface area contributed by atoms with E-state index in [1.54, 1.807) is 0 Å². The lowest BCUT2D eigenvalue weighted by Crippen LogP contribution is -2.64. The molecule has 1 heterocycles. The lowest BCUT2D eigenvalue weighted by atomic mass is 9.97. The fourth-order valence-electron chi connectivity index (χ4n) is 3.93. The molecule has 0 radical (unpaired) electrons. The number of carbonyl (C=O) groups is 5. The molecule has 0 bridgehead atoms. The predicted octanol–water partition coefficient (Wildman–Crippen LogP) is 2.08. The highest BCUT2D eigenvalue weighted by atomic mass is 35.5. The van der Waals surface area contributed by atoms with Crippen molar-refractivity contribution in [2.75, 3.05) is 32.0 Å². The summed E-state index contributed by atoms with van der Waals surface area (Å²) in [5, 5.41) is 11.9. The molecule has 1 aliphatic heterocycles. The molecule has 1 aliphatic rings. The molecule has 2 rings (SSSR count). The number of halogens is 2. The normalized spacial score (nSPS) is 21.1. The van der Waals surface area contributed by atoms with Crippen molar-refractivity contribution in [3.05, 3.63) is 33.9 Å². The van der Waals surface area contributed by atoms with Crippen LogP contribution in [0.2, 0.25) is 0 Å². The standard InChI is InChI=1S/C25H30Cl2N2O14/c1-13(30)39-19-20(40-14(2)31)22(41-15(3)32)24(43-21(19)23(33)37-4)42-18-6-5-16(11-17(18)29(35)36)12-38-25(34)28(9-7-26)10-8-27/h5-6,11,19-22,24H,7-10,12H2,1-4H3/t19-,20-,21-,22+,24+/m0/s1. The fourth-order valence-corrected chi connectivity index (χ4v) is 4.34. The Labute approximate surface area is 255 Å². The van der Waals surface area contributed by atoms with Gasteiger partial charge in [0.1, 0.15) is 6.61 Å². The van der Waals surface area contributed by atoms with Crippen LogP contribution in [0.25, 0.3) is 0 Å². The van der Waals surface area contributed by atoms with Gasteiger partial charge < -0.3 is 38.1 Å². The maximum atomic E-state index is 12.6. The summed E-state index contributed by atoms with van der Waals surface area (Å²) in [6, 6.07) is 3.55. The monoisotopic (exact) mass is 652 g/mol. The van der Waals surface area contributed by atoms with Crippen LogP contribution in [0.3, 0.4) is 0 Å². The van der Waals surface area contributed by atoms with Gasteiger partial charge in [-0.3, -0.25) is 24.5 Å². The molecule has 1 aromatic carbocycles. The fraction of sp³-hybridized carbons (Fsp3) is 0.560. The largest absolute Gasteiger partial charge is 0.467 e. The Morgan fingerprint density at radius 3 is 2.00 bits per heavy atom. The maximum absolute atomic E-state index is 12.6. The van der Waals surface area contributed by atoms with E-state index in [0.29, 0.717) is 0 Å². The highest BCUT2D eigenvalue weighted by Gasteiger charge is 2.56. The minimum Gasteiger partial charge on any atom is -0.467 e. The predicted molar refractivity (Wildman–Crippen MR) is 144 cm³/mol. The summed E-state index contributed by atoms with van der Waals surface area (Å²) in [6.07, 6.45) is -9.31. The number of esters is 4. The molecule has 0 spiro atoms. The Morgan fingerprint density at radius 2 is 1.49 bits per heavy atom. The third-order valence-electron chi connectivity index (χ3n) is 5.63. The van der Waals surface area contributed by atoms with Crippen molar-refractivity contribution >= 4 is 58.9 Å². The molecule has 1 fully saturated rings. The summed E-state index contributed by atoms with van der Waals surface area (Å²) in [6.45, 7) is 3.01. The lowest BCUT2D eigenvalue weighted by molar-refractivity contribution is -0.387. The lowest BCUT2D eigenvalue weighted by Gasteiger charge is -2.42. The first-order valence-electron chi connectivity index (χ1n) is 12.5. The van der Waals surface area contributed by atoms with Crippen LogP contribution >= 0.6 is 23.2 Å². The molecule has 0 N–H and O–H groups in total. The number of hydrogen-bond acceptors (Lipinski definition) is 14. The molecule has 1 saturated heterocycles. The van der Waals surface area contributed by atoms with Crippen molar-refractivity contribution in [1.82, 2.24) is 4.90 Å². The first-order chi connectivity index (χ1) is 20.3. The van der Waals surface area contributed by atoms with Crippen LogP contribution in [-0.2, 0) is 54.2 Å². The third kappa shape index (κ3) is 10.1. The summed E-state index contributed by atoms with van der Waals surface area (Å²) < 4.78 is 36.9. The molecular formula is C25H30Cl2N2O14. The molecule has 0 unspecified atom stereocenters. The van der Waals surface area contributed by atoms with E-state index in [9.17, 15) is 34.1 Å². The van der Waals surface area contributed by atoms with Gasteiger partial charge in [0, 0.05) is 51.7 Å². The second-order valence-electron chi connectivity index (χ2n) is 8.77. The zero-order chi connectivity index (χ0) is 32.3. The highest BCUT2D eigenvalue weighted by Crippen LogP contribution is 2.35. The minimum atomic E-state index is -1.81. The molecule has 1 aromatic rings. The van der Waals surface area contributed by atoms with Crippen molar-refractivity contribution in [2.24, 2.45) is 0 Å². The summed E-state index contributed by atoms with van der Waals surface area (Å²) in [7, 11) is 1.01. The number of alkyl halides is 2. The average molecular weight is 653 g/mol. The second-order valence-corrected chi connectivity index (χ2v) is 9.52. The van der Waals surface area contributed by atoms with Crippen molar-refractivity contribution in [3.8, 4) is 5.75 Å². The van der Waals surface area contributed by atoms with Crippen LogP contribution in [0.1, 0.15) is 26.3 Å². The van der Waals surface area contributed by atoms with Crippen LogP contribution in [0.4, 0.5) is 10.5 Å². The van der Waals surface area contributed by atoms with Gasteiger partial charge in [-0.05, 0) is 11.6 Å². The van der Waals surface area contributed by atoms with Gasteiger partial charge >= 0.3 is 35.7 Å². The number of nitro benzene ring substituents is 1. The minimum absolute atomic E-state index is 0.137. The average Bonchev–Trinajstić information content (AvgIpc) is 2.93. The van der Waals surface area contributed by atoms with Crippen LogP contribution < -0.4 is 4.74 Å². The molecule has 16 nitrogen and oxygen atoms in total. The van der Waals surface area contributed by atoms with Gasteiger partial charge in [-0.1, -0.05) is 6.07 Å². The van der Waals surface area contributed by atoms with Gasteiger partial charge in [0.25, 0.3) is 0 Å². The number of hydrogen-bond donors (Lipinski definition) is 0. The zero-order valence-corrected chi connectivity index (χ0v) is 25.0. The Bertz CT molecular complexity index is 1190. The van der Waals surface area contributed by atoms with E-state index in [2.05, 4.69) is 0 Å². The molecule has 0 aromatic heterocycles. The van der Waals surface area contributed by atoms with E-state index >= 15 is 0 Å². The van der Waals surface area contributed by atoms with Gasteiger partial charge in [-0.2, -0.15) is 0 Å². The molecule has 0 saturated carbocycles. The molecule has 5 atom stereocenters. The Morgan fingerprint density at radius 1 is 0.930 bits per heavy atom. The molecule has 18 heteroatoms. The Kier molecular flexibility index (Phi) is 13.7. The number of methoxy groups -OCH3 is 1. The van der Waals surface area contributed by atoms with E-state index in [1.165, 1.54) is 11.0 Å². The quantitative estimate of drug-likeness (QED) is 0.0986. The van der Waals surface area contributed by atoms with Gasteiger partial charge in [-0.25, -0.2) is 9.59 Å². The van der Waals surface area contributed by atoms with E-state index in [4.69, 9.17) is 56.4 Å². The van der Waals surface area contributed by atoms with Gasteiger partial charge in [-0.15, -0.1) is 23.2 Å². The van der Waals surface area contributed by atoms with E-state index in [1.807, 2.05) is 0 Å². The highest BCUT2D eigenvalue weighted by molar-refractivity contribution is 6.18. The van der Waals surface area contributed by atoms with E-state index < -0.39 is 77.0 Å². The summed E-state index contributed by atoms with van der Waals surface area (Å²) in [5.74, 6) is -3.96. The first kappa shape index (κ1) is 35.3. The van der Waals surface area contributed by atoms with Gasteiger partial charge in [0.2, 0.25) is 12.4 Å². The first-order valence-corrected chi connectivity index (χ1v) is 13.6. The van der Waals surface area contributed by atoms with Crippen molar-refractivity contribution in [1.29, 1.82) is 0 Å². The van der Waals surface area contributed by atoms with Crippen molar-refractivity contribution in [3.63, 3.8) is 0 Å². The summed E-state index contributed by atoms with van der Waals surface area (Å²) in [5.41, 5.74) is -0.428. The number of carbonyl (C=O) groups excluding carboxylic acids is 5. The molecular weight excluding hydrogens is 623 g/mol. The summed E-state index contributed by atoms with van der Waals surface area (Å²) in [4.78, 5) is 73.1. The zero-order valence-electron chi connectivity index (χ0n) is 23.5. The topological polar surface area (TPSA) is 196 Å². The Hall–Kier alpha value is -3.89. The number of rotatable bonds is 13. The number of benzene rings is 1. The number of ether oxygens (including phenoxy) is 7. The molecule has 0 aliphatic carbocycles. The van der Waals surface area contributed by atoms with Gasteiger partial charge in [0.15, 0.2) is 24.1 Å². The molecule has 1 amide bonds. The summed E-state index contributed by atoms with van der Waals surface area (Å²) >= 11 is 11.4. The van der Waals surface area contributed by atoms with Crippen LogP contribution in [0.5, 0.6) is 5.75 Å². The van der Waals surface area contributed by atoms with Crippen LogP contribution in [0, 0.1) is 10.1 Å². The van der Waals surface area contributed by atoms with Crippen molar-refractivity contribution < 1.29 is 62.1 Å². The smallest absolute Gasteiger partial charge is 0.410 e. The number of amides is 1. The molecule has 238 valence electrons. The van der Waals surface area contributed by atoms with E-state index in [0.717, 1.165) is 40.0 Å². The van der Waals surface area contributed by atoms with Gasteiger partial charge in [0.05, 0.1) is 12.0 Å².